The Morgan fingerprint density at radius 2 is 1.85 bits per heavy atom. The molecule has 0 saturated heterocycles. The number of ether oxygens (including phenoxy) is 1. The summed E-state index contributed by atoms with van der Waals surface area (Å²) in [6, 6.07) is 3.97. The summed E-state index contributed by atoms with van der Waals surface area (Å²) in [5.74, 6) is -1.08. The molecule has 0 spiro atoms. The topological polar surface area (TPSA) is 113 Å². The fraction of sp³-hybridized carbons (Fsp3) is 0.529. The number of carbonyl (C=O) groups excluding carboxylic acids is 2. The molecule has 0 amide bonds. The summed E-state index contributed by atoms with van der Waals surface area (Å²) in [6.07, 6.45) is 0. The molecule has 0 saturated carbocycles. The molecule has 2 N–H and O–H groups in total. The zero-order valence-corrected chi connectivity index (χ0v) is 16.5. The zero-order valence-electron chi connectivity index (χ0n) is 15.7. The Hall–Kier alpha value is -1.97. The van der Waals surface area contributed by atoms with E-state index in [1.165, 1.54) is 32.3 Å². The minimum absolute atomic E-state index is 0.0249. The van der Waals surface area contributed by atoms with Crippen LogP contribution in [-0.4, -0.2) is 63.4 Å². The van der Waals surface area contributed by atoms with E-state index in [1.54, 1.807) is 20.8 Å². The van der Waals surface area contributed by atoms with Crippen LogP contribution in [0.2, 0.25) is 0 Å². The minimum Gasteiger partial charge on any atom is -0.454 e. The SMILES string of the molecule is CN(C)S(=O)(=O)c1ccc(NCCO)c(C(=O)OCC(=O)C(C)(C)C)c1. The normalized spacial score (nSPS) is 12.1. The van der Waals surface area contributed by atoms with Gasteiger partial charge in [0.1, 0.15) is 0 Å². The number of carbonyl (C=O) groups is 2. The lowest BCUT2D eigenvalue weighted by atomic mass is 9.91. The Bertz CT molecular complexity index is 766. The number of sulfonamides is 1. The van der Waals surface area contributed by atoms with E-state index >= 15 is 0 Å². The molecule has 26 heavy (non-hydrogen) atoms. The van der Waals surface area contributed by atoms with Crippen molar-refractivity contribution in [1.29, 1.82) is 0 Å². The van der Waals surface area contributed by atoms with Crippen molar-refractivity contribution < 1.29 is 27.9 Å². The van der Waals surface area contributed by atoms with Crippen LogP contribution in [0.1, 0.15) is 31.1 Å². The van der Waals surface area contributed by atoms with Gasteiger partial charge in [-0.15, -0.1) is 0 Å². The number of anilines is 1. The maximum absolute atomic E-state index is 12.4. The Balaban J connectivity index is 3.19. The summed E-state index contributed by atoms with van der Waals surface area (Å²) >= 11 is 0. The summed E-state index contributed by atoms with van der Waals surface area (Å²) < 4.78 is 30.7. The highest BCUT2D eigenvalue weighted by atomic mass is 32.2. The standard InChI is InChI=1S/C17H26N2O6S/c1-17(2,3)15(21)11-25-16(22)13-10-12(26(23,24)19(4)5)6-7-14(13)18-8-9-20/h6-7,10,18,20H,8-9,11H2,1-5H3. The predicted octanol–water partition coefficient (Wildman–Crippen LogP) is 1.11. The molecule has 9 heteroatoms. The number of rotatable bonds is 8. The van der Waals surface area contributed by atoms with Crippen LogP contribution in [0.4, 0.5) is 5.69 Å². The molecule has 0 bridgehead atoms. The van der Waals surface area contributed by atoms with Gasteiger partial charge in [-0.2, -0.15) is 0 Å². The quantitative estimate of drug-likeness (QED) is 0.644. The highest BCUT2D eigenvalue weighted by Gasteiger charge is 2.25. The number of esters is 1. The highest BCUT2D eigenvalue weighted by molar-refractivity contribution is 7.89. The molecule has 0 heterocycles. The summed E-state index contributed by atoms with van der Waals surface area (Å²) in [6.45, 7) is 4.72. The fourth-order valence-corrected chi connectivity index (χ4v) is 2.76. The van der Waals surface area contributed by atoms with Crippen molar-refractivity contribution in [1.82, 2.24) is 4.31 Å². The number of aliphatic hydroxyl groups excluding tert-OH is 1. The molecule has 1 aromatic rings. The van der Waals surface area contributed by atoms with Crippen LogP contribution in [0.25, 0.3) is 0 Å². The molecule has 0 aliphatic carbocycles. The Morgan fingerprint density at radius 3 is 2.35 bits per heavy atom. The molecule has 146 valence electrons. The summed E-state index contributed by atoms with van der Waals surface area (Å²) in [7, 11) is -0.979. The average molecular weight is 386 g/mol. The van der Waals surface area contributed by atoms with Crippen molar-refractivity contribution in [3.05, 3.63) is 23.8 Å². The maximum Gasteiger partial charge on any atom is 0.340 e. The molecule has 0 radical (unpaired) electrons. The van der Waals surface area contributed by atoms with Crippen molar-refractivity contribution in [2.75, 3.05) is 39.2 Å². The molecule has 0 unspecified atom stereocenters. The molecule has 0 aliphatic rings. The van der Waals surface area contributed by atoms with E-state index in [2.05, 4.69) is 5.32 Å². The van der Waals surface area contributed by atoms with Crippen molar-refractivity contribution in [2.24, 2.45) is 5.41 Å². The lowest BCUT2D eigenvalue weighted by Gasteiger charge is -2.18. The minimum atomic E-state index is -3.74. The van der Waals surface area contributed by atoms with Crippen molar-refractivity contribution in [3.63, 3.8) is 0 Å². The zero-order chi connectivity index (χ0) is 20.1. The lowest BCUT2D eigenvalue weighted by Crippen LogP contribution is -2.27. The second kappa shape index (κ2) is 8.61. The van der Waals surface area contributed by atoms with Crippen LogP contribution in [0.15, 0.2) is 23.1 Å². The highest BCUT2D eigenvalue weighted by Crippen LogP contribution is 2.23. The Morgan fingerprint density at radius 1 is 1.23 bits per heavy atom. The average Bonchev–Trinajstić information content (AvgIpc) is 2.56. The van der Waals surface area contributed by atoms with Gasteiger partial charge in [0.05, 0.1) is 17.1 Å². The van der Waals surface area contributed by atoms with E-state index in [9.17, 15) is 18.0 Å². The van der Waals surface area contributed by atoms with Crippen LogP contribution in [0.3, 0.4) is 0 Å². The van der Waals surface area contributed by atoms with Gasteiger partial charge in [-0.3, -0.25) is 4.79 Å². The van der Waals surface area contributed by atoms with E-state index in [4.69, 9.17) is 9.84 Å². The van der Waals surface area contributed by atoms with Gasteiger partial charge in [0.25, 0.3) is 0 Å². The van der Waals surface area contributed by atoms with Gasteiger partial charge in [0, 0.05) is 31.7 Å². The first-order chi connectivity index (χ1) is 11.9. The number of aliphatic hydroxyl groups is 1. The third-order valence-electron chi connectivity index (χ3n) is 3.59. The van der Waals surface area contributed by atoms with Gasteiger partial charge >= 0.3 is 5.97 Å². The van der Waals surface area contributed by atoms with E-state index in [0.29, 0.717) is 5.69 Å². The van der Waals surface area contributed by atoms with E-state index in [-0.39, 0.29) is 29.4 Å². The van der Waals surface area contributed by atoms with Crippen molar-refractivity contribution >= 4 is 27.5 Å². The van der Waals surface area contributed by atoms with Gasteiger partial charge in [0.2, 0.25) is 10.0 Å². The molecule has 0 fully saturated rings. The van der Waals surface area contributed by atoms with Crippen LogP contribution >= 0.6 is 0 Å². The van der Waals surface area contributed by atoms with Crippen molar-refractivity contribution in [3.8, 4) is 0 Å². The van der Waals surface area contributed by atoms with Crippen molar-refractivity contribution in [2.45, 2.75) is 25.7 Å². The van der Waals surface area contributed by atoms with Gasteiger partial charge in [-0.1, -0.05) is 20.8 Å². The number of hydrogen-bond donors (Lipinski definition) is 2. The molecular weight excluding hydrogens is 360 g/mol. The number of ketones is 1. The maximum atomic E-state index is 12.4. The first kappa shape index (κ1) is 22.1. The molecule has 0 aliphatic heterocycles. The molecule has 0 aromatic heterocycles. The second-order valence-corrected chi connectivity index (χ2v) is 9.05. The fourth-order valence-electron chi connectivity index (χ4n) is 1.83. The molecule has 1 aromatic carbocycles. The van der Waals surface area contributed by atoms with Crippen LogP contribution in [0, 0.1) is 5.41 Å². The molecule has 1 rings (SSSR count). The second-order valence-electron chi connectivity index (χ2n) is 6.89. The van der Waals surface area contributed by atoms with Gasteiger partial charge in [-0.25, -0.2) is 17.5 Å². The summed E-state index contributed by atoms with van der Waals surface area (Å²) in [5.41, 5.74) is -0.373. The lowest BCUT2D eigenvalue weighted by molar-refractivity contribution is -0.129. The van der Waals surface area contributed by atoms with Crippen LogP contribution in [-0.2, 0) is 19.6 Å². The largest absolute Gasteiger partial charge is 0.454 e. The summed E-state index contributed by atoms with van der Waals surface area (Å²) in [5, 5.41) is 11.8. The predicted molar refractivity (Wildman–Crippen MR) is 97.6 cm³/mol. The number of nitrogens with zero attached hydrogens (tertiary/aromatic N) is 1. The monoisotopic (exact) mass is 386 g/mol. The summed E-state index contributed by atoms with van der Waals surface area (Å²) in [4.78, 5) is 24.3. The first-order valence-electron chi connectivity index (χ1n) is 8.03. The van der Waals surface area contributed by atoms with E-state index in [1.807, 2.05) is 0 Å². The molecule has 0 atom stereocenters. The third-order valence-corrected chi connectivity index (χ3v) is 5.40. The first-order valence-corrected chi connectivity index (χ1v) is 9.47. The smallest absolute Gasteiger partial charge is 0.340 e. The number of nitrogens with one attached hydrogen (secondary N) is 1. The number of Topliss-reactive ketones (excluding diaryl/α,β-unsaturated/α-hetero) is 1. The Labute approximate surface area is 154 Å². The molecule has 8 nitrogen and oxygen atoms in total. The van der Waals surface area contributed by atoms with Crippen LogP contribution in [0.5, 0.6) is 0 Å². The molecular formula is C17H26N2O6S. The van der Waals surface area contributed by atoms with Gasteiger partial charge < -0.3 is 15.2 Å². The number of hydrogen-bond acceptors (Lipinski definition) is 7. The van der Waals surface area contributed by atoms with E-state index in [0.717, 1.165) is 4.31 Å². The van der Waals surface area contributed by atoms with Crippen LogP contribution < -0.4 is 5.32 Å². The van der Waals surface area contributed by atoms with Gasteiger partial charge in [-0.05, 0) is 18.2 Å². The van der Waals surface area contributed by atoms with E-state index < -0.39 is 28.0 Å². The Kier molecular flexibility index (Phi) is 7.31. The third kappa shape index (κ3) is 5.52. The van der Waals surface area contributed by atoms with Gasteiger partial charge in [0.15, 0.2) is 12.4 Å². The number of benzene rings is 1.